The van der Waals surface area contributed by atoms with Crippen molar-refractivity contribution in [3.8, 4) is 0 Å². The Morgan fingerprint density at radius 1 is 1.33 bits per heavy atom. The van der Waals surface area contributed by atoms with Gasteiger partial charge in [-0.1, -0.05) is 13.3 Å². The molecule has 1 aliphatic carbocycles. The van der Waals surface area contributed by atoms with Gasteiger partial charge in [0.2, 0.25) is 0 Å². The number of aromatic nitrogens is 1. The van der Waals surface area contributed by atoms with Crippen LogP contribution in [0.3, 0.4) is 0 Å². The normalized spacial score (nSPS) is 22.6. The van der Waals surface area contributed by atoms with Gasteiger partial charge in [0.15, 0.2) is 0 Å². The molecule has 1 aliphatic heterocycles. The van der Waals surface area contributed by atoms with Crippen molar-refractivity contribution in [1.29, 1.82) is 0 Å². The molecule has 0 aromatic carbocycles. The maximum atomic E-state index is 13.6. The van der Waals surface area contributed by atoms with E-state index < -0.39 is 0 Å². The predicted molar refractivity (Wildman–Crippen MR) is 83.9 cm³/mol. The quantitative estimate of drug-likeness (QED) is 0.867. The largest absolute Gasteiger partial charge is 0.353 e. The van der Waals surface area contributed by atoms with Crippen molar-refractivity contribution in [3.05, 3.63) is 23.6 Å². The summed E-state index contributed by atoms with van der Waals surface area (Å²) in [5, 5.41) is 3.49. The van der Waals surface area contributed by atoms with Crippen molar-refractivity contribution < 1.29 is 4.39 Å². The summed E-state index contributed by atoms with van der Waals surface area (Å²) >= 11 is 0. The molecule has 21 heavy (non-hydrogen) atoms. The van der Waals surface area contributed by atoms with E-state index >= 15 is 0 Å². The van der Waals surface area contributed by atoms with Crippen molar-refractivity contribution in [2.45, 2.75) is 70.5 Å². The van der Waals surface area contributed by atoms with Crippen LogP contribution in [0.2, 0.25) is 0 Å². The van der Waals surface area contributed by atoms with Gasteiger partial charge in [0.05, 0.1) is 6.20 Å². The van der Waals surface area contributed by atoms with Crippen molar-refractivity contribution >= 4 is 5.82 Å². The van der Waals surface area contributed by atoms with Crippen LogP contribution in [0.4, 0.5) is 10.2 Å². The van der Waals surface area contributed by atoms with Gasteiger partial charge in [0.1, 0.15) is 11.6 Å². The van der Waals surface area contributed by atoms with Crippen LogP contribution in [0.25, 0.3) is 0 Å². The second-order valence-corrected chi connectivity index (χ2v) is 6.42. The van der Waals surface area contributed by atoms with E-state index in [0.29, 0.717) is 12.1 Å². The number of pyridine rings is 1. The average molecular weight is 291 g/mol. The van der Waals surface area contributed by atoms with E-state index in [1.54, 1.807) is 6.07 Å². The summed E-state index contributed by atoms with van der Waals surface area (Å²) < 4.78 is 13.6. The van der Waals surface area contributed by atoms with Gasteiger partial charge in [-0.3, -0.25) is 0 Å². The number of piperidine rings is 1. The maximum Gasteiger partial charge on any atom is 0.141 e. The minimum Gasteiger partial charge on any atom is -0.353 e. The lowest BCUT2D eigenvalue weighted by Gasteiger charge is -2.37. The molecule has 0 radical (unpaired) electrons. The molecule has 116 valence electrons. The molecule has 4 heteroatoms. The highest BCUT2D eigenvalue weighted by Gasteiger charge is 2.26. The molecule has 3 rings (SSSR count). The lowest BCUT2D eigenvalue weighted by molar-refractivity contribution is 0.430. The molecule has 0 amide bonds. The topological polar surface area (TPSA) is 28.2 Å². The predicted octanol–water partition coefficient (Wildman–Crippen LogP) is 3.63. The summed E-state index contributed by atoms with van der Waals surface area (Å²) in [5.41, 5.74) is 1.02. The molecule has 1 saturated carbocycles. The van der Waals surface area contributed by atoms with Crippen molar-refractivity contribution in [2.75, 3.05) is 11.4 Å². The number of nitrogens with one attached hydrogen (secondary N) is 1. The monoisotopic (exact) mass is 291 g/mol. The Morgan fingerprint density at radius 3 is 2.95 bits per heavy atom. The first-order chi connectivity index (χ1) is 10.3. The number of anilines is 1. The fourth-order valence-corrected chi connectivity index (χ4v) is 3.32. The third-order valence-corrected chi connectivity index (χ3v) is 4.59. The van der Waals surface area contributed by atoms with Crippen LogP contribution >= 0.6 is 0 Å². The van der Waals surface area contributed by atoms with Gasteiger partial charge in [-0.05, 0) is 44.6 Å². The second-order valence-electron chi connectivity index (χ2n) is 6.42. The van der Waals surface area contributed by atoms with Crippen LogP contribution in [0.1, 0.15) is 57.4 Å². The molecule has 0 bridgehead atoms. The molecule has 1 N–H and O–H groups in total. The van der Waals surface area contributed by atoms with Gasteiger partial charge in [-0.15, -0.1) is 0 Å². The van der Waals surface area contributed by atoms with Crippen LogP contribution < -0.4 is 10.2 Å². The van der Waals surface area contributed by atoms with Crippen LogP contribution in [-0.2, 0) is 6.54 Å². The van der Waals surface area contributed by atoms with Crippen LogP contribution in [0, 0.1) is 5.82 Å². The van der Waals surface area contributed by atoms with Gasteiger partial charge in [-0.2, -0.15) is 0 Å². The molecule has 2 fully saturated rings. The minimum absolute atomic E-state index is 0.226. The van der Waals surface area contributed by atoms with E-state index in [1.165, 1.54) is 51.1 Å². The van der Waals surface area contributed by atoms with E-state index in [4.69, 9.17) is 0 Å². The van der Waals surface area contributed by atoms with E-state index in [0.717, 1.165) is 24.5 Å². The molecular weight excluding hydrogens is 265 g/mol. The van der Waals surface area contributed by atoms with Gasteiger partial charge in [0, 0.05) is 30.7 Å². The first kappa shape index (κ1) is 14.8. The molecule has 1 saturated heterocycles. The van der Waals surface area contributed by atoms with E-state index in [2.05, 4.69) is 22.1 Å². The molecule has 1 aromatic heterocycles. The van der Waals surface area contributed by atoms with E-state index in [9.17, 15) is 4.39 Å². The van der Waals surface area contributed by atoms with Crippen LogP contribution in [0.15, 0.2) is 12.3 Å². The fourth-order valence-electron chi connectivity index (χ4n) is 3.32. The number of nitrogens with zero attached hydrogens (tertiary/aromatic N) is 2. The number of halogens is 1. The number of rotatable bonds is 6. The smallest absolute Gasteiger partial charge is 0.141 e. The molecular formula is C17H26FN3. The van der Waals surface area contributed by atoms with Crippen LogP contribution in [0.5, 0.6) is 0 Å². The summed E-state index contributed by atoms with van der Waals surface area (Å²) in [6, 6.07) is 2.87. The second kappa shape index (κ2) is 6.73. The Morgan fingerprint density at radius 2 is 2.19 bits per heavy atom. The molecule has 1 unspecified atom stereocenters. The van der Waals surface area contributed by atoms with E-state index in [1.807, 2.05) is 0 Å². The molecule has 1 aromatic rings. The lowest BCUT2D eigenvalue weighted by Crippen LogP contribution is -2.41. The van der Waals surface area contributed by atoms with Gasteiger partial charge in [0.25, 0.3) is 0 Å². The lowest BCUT2D eigenvalue weighted by atomic mass is 9.97. The highest BCUT2D eigenvalue weighted by molar-refractivity contribution is 5.48. The van der Waals surface area contributed by atoms with Gasteiger partial charge < -0.3 is 10.2 Å². The van der Waals surface area contributed by atoms with Crippen molar-refractivity contribution in [1.82, 2.24) is 10.3 Å². The zero-order valence-corrected chi connectivity index (χ0v) is 12.9. The first-order valence-electron chi connectivity index (χ1n) is 8.42. The Labute approximate surface area is 126 Å². The fraction of sp³-hybridized carbons (Fsp3) is 0.706. The third kappa shape index (κ3) is 3.73. The SMILES string of the molecule is CCCC1CCCCN1c1ncc(F)cc1CNC1CC1. The number of hydrogen-bond acceptors (Lipinski definition) is 3. The maximum absolute atomic E-state index is 13.6. The summed E-state index contributed by atoms with van der Waals surface area (Å²) in [6.07, 6.45) is 10.0. The van der Waals surface area contributed by atoms with Crippen molar-refractivity contribution in [3.63, 3.8) is 0 Å². The summed E-state index contributed by atoms with van der Waals surface area (Å²) in [5.74, 6) is 0.776. The van der Waals surface area contributed by atoms with Gasteiger partial charge >= 0.3 is 0 Å². The van der Waals surface area contributed by atoms with Gasteiger partial charge in [-0.25, -0.2) is 9.37 Å². The Bertz CT molecular complexity index is 471. The van der Waals surface area contributed by atoms with Crippen LogP contribution in [-0.4, -0.2) is 23.6 Å². The average Bonchev–Trinajstić information content (AvgIpc) is 3.31. The molecule has 3 nitrogen and oxygen atoms in total. The molecule has 1 atom stereocenters. The molecule has 2 heterocycles. The first-order valence-corrected chi connectivity index (χ1v) is 8.42. The summed E-state index contributed by atoms with van der Waals surface area (Å²) in [7, 11) is 0. The standard InChI is InChI=1S/C17H26FN3/c1-2-5-16-6-3-4-9-21(16)17-13(10-14(18)12-20-17)11-19-15-7-8-15/h10,12,15-16,19H,2-9,11H2,1H3. The highest BCUT2D eigenvalue weighted by atomic mass is 19.1. The highest BCUT2D eigenvalue weighted by Crippen LogP contribution is 2.29. The van der Waals surface area contributed by atoms with Crippen molar-refractivity contribution in [2.24, 2.45) is 0 Å². The summed E-state index contributed by atoms with van der Waals surface area (Å²) in [4.78, 5) is 6.87. The zero-order valence-electron chi connectivity index (χ0n) is 12.9. The Kier molecular flexibility index (Phi) is 4.73. The molecule has 2 aliphatic rings. The summed E-state index contributed by atoms with van der Waals surface area (Å²) in [6.45, 7) is 4.03. The third-order valence-electron chi connectivity index (χ3n) is 4.59. The minimum atomic E-state index is -0.226. The Balaban J connectivity index is 1.80. The van der Waals surface area contributed by atoms with E-state index in [-0.39, 0.29) is 5.82 Å². The zero-order chi connectivity index (χ0) is 14.7. The Hall–Kier alpha value is -1.16. The molecule has 0 spiro atoms. The number of hydrogen-bond donors (Lipinski definition) is 1.